The molecule has 0 radical (unpaired) electrons. The van der Waals surface area contributed by atoms with Crippen LogP contribution in [0.1, 0.15) is 43.9 Å². The molecule has 28 heavy (non-hydrogen) atoms. The molecule has 0 spiro atoms. The highest BCUT2D eigenvalue weighted by Gasteiger charge is 2.35. The lowest BCUT2D eigenvalue weighted by Gasteiger charge is -2.36. The molecule has 3 N–H and O–H groups in total. The third kappa shape index (κ3) is 4.98. The van der Waals surface area contributed by atoms with Crippen molar-refractivity contribution in [2.75, 3.05) is 17.2 Å². The third-order valence-electron chi connectivity index (χ3n) is 5.11. The van der Waals surface area contributed by atoms with Gasteiger partial charge in [0.15, 0.2) is 0 Å². The minimum Gasteiger partial charge on any atom is -0.347 e. The molecular weight excluding hydrogens is 374 g/mol. The molecule has 3 amide bonds. The van der Waals surface area contributed by atoms with E-state index in [-0.39, 0.29) is 11.3 Å². The van der Waals surface area contributed by atoms with Gasteiger partial charge in [0, 0.05) is 35.1 Å². The standard InChI is InChI=1S/C21H25N3O3S/c1-15(25)23-16-7-9-17(10-8-16)24-20(27)19(26)22-14-21(11-3-2-4-12-21)18-6-5-13-28-18/h5-10,13H,2-4,11-12,14H2,1H3,(H,22,26)(H,23,25)(H,24,27). The van der Waals surface area contributed by atoms with Gasteiger partial charge in [-0.15, -0.1) is 11.3 Å². The first-order valence-electron chi connectivity index (χ1n) is 9.49. The predicted molar refractivity (Wildman–Crippen MR) is 111 cm³/mol. The van der Waals surface area contributed by atoms with E-state index >= 15 is 0 Å². The summed E-state index contributed by atoms with van der Waals surface area (Å²) in [6.07, 6.45) is 5.55. The van der Waals surface area contributed by atoms with E-state index in [0.717, 1.165) is 25.7 Å². The molecule has 1 aromatic carbocycles. The van der Waals surface area contributed by atoms with Crippen LogP contribution in [-0.2, 0) is 19.8 Å². The van der Waals surface area contributed by atoms with Crippen molar-refractivity contribution in [3.8, 4) is 0 Å². The van der Waals surface area contributed by atoms with E-state index in [0.29, 0.717) is 17.9 Å². The van der Waals surface area contributed by atoms with Gasteiger partial charge in [0.2, 0.25) is 5.91 Å². The van der Waals surface area contributed by atoms with Gasteiger partial charge in [-0.2, -0.15) is 0 Å². The zero-order valence-electron chi connectivity index (χ0n) is 15.9. The number of thiophene rings is 1. The van der Waals surface area contributed by atoms with Gasteiger partial charge in [-0.1, -0.05) is 25.3 Å². The first-order chi connectivity index (χ1) is 13.5. The van der Waals surface area contributed by atoms with Crippen molar-refractivity contribution in [3.63, 3.8) is 0 Å². The average molecular weight is 400 g/mol. The molecule has 3 rings (SSSR count). The van der Waals surface area contributed by atoms with Crippen molar-refractivity contribution in [3.05, 3.63) is 46.7 Å². The Bertz CT molecular complexity index is 825. The van der Waals surface area contributed by atoms with E-state index in [2.05, 4.69) is 27.4 Å². The lowest BCUT2D eigenvalue weighted by Crippen LogP contribution is -2.45. The summed E-state index contributed by atoms with van der Waals surface area (Å²) in [7, 11) is 0. The van der Waals surface area contributed by atoms with Crippen LogP contribution in [0, 0.1) is 0 Å². The number of carbonyl (C=O) groups excluding carboxylic acids is 3. The molecule has 1 fully saturated rings. The molecule has 1 saturated carbocycles. The van der Waals surface area contributed by atoms with Crippen molar-refractivity contribution in [2.45, 2.75) is 44.4 Å². The van der Waals surface area contributed by atoms with Gasteiger partial charge >= 0.3 is 11.8 Å². The first kappa shape index (κ1) is 20.1. The zero-order chi connectivity index (χ0) is 20.0. The minimum absolute atomic E-state index is 0.0671. The van der Waals surface area contributed by atoms with Crippen molar-refractivity contribution >= 4 is 40.4 Å². The van der Waals surface area contributed by atoms with Crippen LogP contribution in [0.4, 0.5) is 11.4 Å². The Morgan fingerprint density at radius 3 is 2.14 bits per heavy atom. The number of hydrogen-bond donors (Lipinski definition) is 3. The molecule has 7 heteroatoms. The molecule has 1 aliphatic carbocycles. The molecule has 1 aliphatic rings. The number of hydrogen-bond acceptors (Lipinski definition) is 4. The maximum Gasteiger partial charge on any atom is 0.313 e. The summed E-state index contributed by atoms with van der Waals surface area (Å²) in [4.78, 5) is 36.9. The number of anilines is 2. The Kier molecular flexibility index (Phi) is 6.46. The van der Waals surface area contributed by atoms with Gasteiger partial charge < -0.3 is 16.0 Å². The molecule has 6 nitrogen and oxygen atoms in total. The van der Waals surface area contributed by atoms with Gasteiger partial charge in [-0.25, -0.2) is 0 Å². The lowest BCUT2D eigenvalue weighted by molar-refractivity contribution is -0.136. The fourth-order valence-electron chi connectivity index (χ4n) is 3.68. The van der Waals surface area contributed by atoms with Gasteiger partial charge in [-0.3, -0.25) is 14.4 Å². The number of carbonyl (C=O) groups is 3. The smallest absolute Gasteiger partial charge is 0.313 e. The number of amides is 3. The second-order valence-corrected chi connectivity index (χ2v) is 8.16. The van der Waals surface area contributed by atoms with E-state index in [9.17, 15) is 14.4 Å². The highest BCUT2D eigenvalue weighted by molar-refractivity contribution is 7.10. The summed E-state index contributed by atoms with van der Waals surface area (Å²) in [5, 5.41) is 10.1. The molecule has 2 aromatic rings. The van der Waals surface area contributed by atoms with Crippen LogP contribution in [0.3, 0.4) is 0 Å². The van der Waals surface area contributed by atoms with Crippen LogP contribution in [0.15, 0.2) is 41.8 Å². The zero-order valence-corrected chi connectivity index (χ0v) is 16.7. The van der Waals surface area contributed by atoms with Crippen LogP contribution in [0.2, 0.25) is 0 Å². The summed E-state index contributed by atoms with van der Waals surface area (Å²) >= 11 is 1.71. The van der Waals surface area contributed by atoms with E-state index in [1.807, 2.05) is 6.07 Å². The molecule has 148 valence electrons. The molecular formula is C21H25N3O3S. The van der Waals surface area contributed by atoms with Crippen molar-refractivity contribution < 1.29 is 14.4 Å². The van der Waals surface area contributed by atoms with Gasteiger partial charge in [0.1, 0.15) is 0 Å². The Labute approximate surface area is 168 Å². The quantitative estimate of drug-likeness (QED) is 0.671. The molecule has 0 saturated heterocycles. The molecule has 1 heterocycles. The van der Waals surface area contributed by atoms with Crippen molar-refractivity contribution in [2.24, 2.45) is 0 Å². The van der Waals surface area contributed by atoms with Gasteiger partial charge in [0.25, 0.3) is 0 Å². The normalized spacial score (nSPS) is 15.5. The minimum atomic E-state index is -0.690. The Morgan fingerprint density at radius 1 is 0.929 bits per heavy atom. The second-order valence-electron chi connectivity index (χ2n) is 7.21. The summed E-state index contributed by atoms with van der Waals surface area (Å²) in [5.41, 5.74) is 1.06. The highest BCUT2D eigenvalue weighted by Crippen LogP contribution is 2.41. The molecule has 0 bridgehead atoms. The summed E-state index contributed by atoms with van der Waals surface area (Å²) in [5.74, 6) is -1.49. The van der Waals surface area contributed by atoms with Crippen molar-refractivity contribution in [1.29, 1.82) is 0 Å². The van der Waals surface area contributed by atoms with E-state index in [4.69, 9.17) is 0 Å². The third-order valence-corrected chi connectivity index (χ3v) is 6.23. The van der Waals surface area contributed by atoms with E-state index in [1.165, 1.54) is 18.2 Å². The maximum absolute atomic E-state index is 12.3. The Hall–Kier alpha value is -2.67. The number of rotatable bonds is 5. The SMILES string of the molecule is CC(=O)Nc1ccc(NC(=O)C(=O)NCC2(c3cccs3)CCCCC2)cc1. The summed E-state index contributed by atoms with van der Waals surface area (Å²) in [6.45, 7) is 1.90. The first-order valence-corrected chi connectivity index (χ1v) is 10.4. The van der Waals surface area contributed by atoms with Crippen molar-refractivity contribution in [1.82, 2.24) is 5.32 Å². The molecule has 1 aromatic heterocycles. The number of benzene rings is 1. The van der Waals surface area contributed by atoms with Crippen LogP contribution in [0.5, 0.6) is 0 Å². The monoisotopic (exact) mass is 399 g/mol. The van der Waals surface area contributed by atoms with Gasteiger partial charge in [-0.05, 0) is 48.6 Å². The van der Waals surface area contributed by atoms with Crippen LogP contribution < -0.4 is 16.0 Å². The topological polar surface area (TPSA) is 87.3 Å². The van der Waals surface area contributed by atoms with Crippen LogP contribution in [0.25, 0.3) is 0 Å². The maximum atomic E-state index is 12.3. The average Bonchev–Trinajstić information content (AvgIpc) is 3.23. The highest BCUT2D eigenvalue weighted by atomic mass is 32.1. The second kappa shape index (κ2) is 9.01. The van der Waals surface area contributed by atoms with Crippen LogP contribution >= 0.6 is 11.3 Å². The van der Waals surface area contributed by atoms with E-state index in [1.54, 1.807) is 35.6 Å². The Balaban J connectivity index is 1.57. The summed E-state index contributed by atoms with van der Waals surface area (Å²) < 4.78 is 0. The fraction of sp³-hybridized carbons (Fsp3) is 0.381. The molecule has 0 aliphatic heterocycles. The fourth-order valence-corrected chi connectivity index (χ4v) is 4.66. The summed E-state index contributed by atoms with van der Waals surface area (Å²) in [6, 6.07) is 10.8. The van der Waals surface area contributed by atoms with Gasteiger partial charge in [0.05, 0.1) is 0 Å². The van der Waals surface area contributed by atoms with E-state index < -0.39 is 11.8 Å². The predicted octanol–water partition coefficient (Wildman–Crippen LogP) is 3.66. The molecule has 0 atom stereocenters. The number of nitrogens with one attached hydrogen (secondary N) is 3. The lowest BCUT2D eigenvalue weighted by atomic mass is 9.73. The molecule has 0 unspecified atom stereocenters. The Morgan fingerprint density at radius 2 is 1.57 bits per heavy atom. The largest absolute Gasteiger partial charge is 0.347 e. The van der Waals surface area contributed by atoms with Crippen LogP contribution in [-0.4, -0.2) is 24.3 Å².